The van der Waals surface area contributed by atoms with E-state index < -0.39 is 0 Å². The van der Waals surface area contributed by atoms with Gasteiger partial charge in [-0.2, -0.15) is 0 Å². The second-order valence-corrected chi connectivity index (χ2v) is 6.87. The largest absolute Gasteiger partial charge is 0.496 e. The van der Waals surface area contributed by atoms with Crippen LogP contribution >= 0.6 is 11.6 Å². The highest BCUT2D eigenvalue weighted by molar-refractivity contribution is 6.33. The van der Waals surface area contributed by atoms with Gasteiger partial charge in [0.25, 0.3) is 0 Å². The van der Waals surface area contributed by atoms with E-state index in [1.54, 1.807) is 7.11 Å². The molecule has 3 rings (SSSR count). The van der Waals surface area contributed by atoms with Gasteiger partial charge in [0.1, 0.15) is 5.75 Å². The Hall–Kier alpha value is -2.08. The number of carbonyl (C=O) groups is 1. The summed E-state index contributed by atoms with van der Waals surface area (Å²) in [6, 6.07) is 13.7. The summed E-state index contributed by atoms with van der Waals surface area (Å²) < 4.78 is 5.50. The lowest BCUT2D eigenvalue weighted by Gasteiger charge is -2.36. The first-order valence-corrected chi connectivity index (χ1v) is 9.10. The number of hydrogen-bond donors (Lipinski definition) is 2. The quantitative estimate of drug-likeness (QED) is 0.844. The number of para-hydroxylation sites is 1. The highest BCUT2D eigenvalue weighted by Gasteiger charge is 2.27. The Morgan fingerprint density at radius 3 is 2.92 bits per heavy atom. The lowest BCUT2D eigenvalue weighted by Crippen LogP contribution is -2.48. The Bertz CT molecular complexity index is 781. The zero-order valence-electron chi connectivity index (χ0n) is 15.1. The molecule has 0 spiro atoms. The first-order chi connectivity index (χ1) is 12.6. The number of benzene rings is 2. The van der Waals surface area contributed by atoms with Gasteiger partial charge in [-0.1, -0.05) is 35.9 Å². The van der Waals surface area contributed by atoms with E-state index >= 15 is 0 Å². The molecule has 1 heterocycles. The lowest BCUT2D eigenvalue weighted by molar-refractivity contribution is -0.118. The Kier molecular flexibility index (Phi) is 6.14. The van der Waals surface area contributed by atoms with Crippen molar-refractivity contribution in [3.05, 3.63) is 58.6 Å². The van der Waals surface area contributed by atoms with Crippen molar-refractivity contribution in [3.8, 4) is 5.75 Å². The molecule has 0 saturated carbocycles. The van der Waals surface area contributed by atoms with Crippen LogP contribution in [0.4, 0.5) is 5.69 Å². The third kappa shape index (κ3) is 4.36. The maximum absolute atomic E-state index is 12.6. The Morgan fingerprint density at radius 1 is 1.35 bits per heavy atom. The van der Waals surface area contributed by atoms with E-state index in [1.165, 1.54) is 0 Å². The molecule has 0 aromatic heterocycles. The van der Waals surface area contributed by atoms with Crippen molar-refractivity contribution in [2.45, 2.75) is 13.0 Å². The Morgan fingerprint density at radius 2 is 2.15 bits per heavy atom. The molecule has 1 aliphatic heterocycles. The van der Waals surface area contributed by atoms with Gasteiger partial charge in [-0.15, -0.1) is 0 Å². The Labute approximate surface area is 159 Å². The zero-order chi connectivity index (χ0) is 18.5. The highest BCUT2D eigenvalue weighted by Crippen LogP contribution is 2.30. The number of methoxy groups -OCH3 is 1. The van der Waals surface area contributed by atoms with Crippen molar-refractivity contribution in [1.82, 2.24) is 10.2 Å². The molecule has 0 aliphatic carbocycles. The third-order valence-electron chi connectivity index (χ3n) is 4.60. The van der Waals surface area contributed by atoms with Gasteiger partial charge in [-0.05, 0) is 30.7 Å². The van der Waals surface area contributed by atoms with Crippen molar-refractivity contribution in [3.63, 3.8) is 0 Å². The summed E-state index contributed by atoms with van der Waals surface area (Å²) in [6.45, 7) is 4.69. The molecule has 1 aliphatic rings. The number of nitrogens with zero attached hydrogens (tertiary/aromatic N) is 1. The van der Waals surface area contributed by atoms with Crippen LogP contribution in [0, 0.1) is 6.92 Å². The van der Waals surface area contributed by atoms with Crippen molar-refractivity contribution in [2.24, 2.45) is 0 Å². The summed E-state index contributed by atoms with van der Waals surface area (Å²) in [7, 11) is 1.67. The summed E-state index contributed by atoms with van der Waals surface area (Å²) in [5.41, 5.74) is 2.79. The van der Waals surface area contributed by atoms with Crippen molar-refractivity contribution >= 4 is 23.2 Å². The van der Waals surface area contributed by atoms with Crippen molar-refractivity contribution in [2.75, 3.05) is 38.6 Å². The fourth-order valence-corrected chi connectivity index (χ4v) is 3.56. The van der Waals surface area contributed by atoms with Crippen molar-refractivity contribution in [1.29, 1.82) is 0 Å². The minimum Gasteiger partial charge on any atom is -0.496 e. The first-order valence-electron chi connectivity index (χ1n) is 8.72. The molecule has 0 bridgehead atoms. The molecule has 0 radical (unpaired) electrons. The van der Waals surface area contributed by atoms with Crippen LogP contribution in [0.5, 0.6) is 5.75 Å². The van der Waals surface area contributed by atoms with Crippen LogP contribution in [-0.4, -0.2) is 44.1 Å². The SMILES string of the molecule is COc1ccccc1C1CNCCN1CC(=O)Nc1ccc(C)cc1Cl. The van der Waals surface area contributed by atoms with Crippen LogP contribution in [0.2, 0.25) is 5.02 Å². The summed E-state index contributed by atoms with van der Waals surface area (Å²) in [5.74, 6) is 0.769. The fourth-order valence-electron chi connectivity index (χ4n) is 3.28. The third-order valence-corrected chi connectivity index (χ3v) is 4.91. The van der Waals surface area contributed by atoms with E-state index in [0.29, 0.717) is 17.3 Å². The molecule has 1 atom stereocenters. The van der Waals surface area contributed by atoms with E-state index in [-0.39, 0.29) is 11.9 Å². The summed E-state index contributed by atoms with van der Waals surface area (Å²) in [4.78, 5) is 14.8. The van der Waals surface area contributed by atoms with Gasteiger partial charge in [0.2, 0.25) is 5.91 Å². The van der Waals surface area contributed by atoms with E-state index in [9.17, 15) is 4.79 Å². The van der Waals surface area contributed by atoms with Gasteiger partial charge in [-0.3, -0.25) is 9.69 Å². The molecule has 1 amide bonds. The van der Waals surface area contributed by atoms with Gasteiger partial charge >= 0.3 is 0 Å². The van der Waals surface area contributed by atoms with Gasteiger partial charge in [0.15, 0.2) is 0 Å². The first kappa shape index (κ1) is 18.7. The predicted molar refractivity (Wildman–Crippen MR) is 105 cm³/mol. The smallest absolute Gasteiger partial charge is 0.238 e. The van der Waals surface area contributed by atoms with Crippen LogP contribution < -0.4 is 15.4 Å². The molecule has 2 N–H and O–H groups in total. The van der Waals surface area contributed by atoms with Crippen molar-refractivity contribution < 1.29 is 9.53 Å². The number of carbonyl (C=O) groups excluding carboxylic acids is 1. The fraction of sp³-hybridized carbons (Fsp3) is 0.350. The average Bonchev–Trinajstić information content (AvgIpc) is 2.64. The highest BCUT2D eigenvalue weighted by atomic mass is 35.5. The molecule has 1 fully saturated rings. The number of nitrogens with one attached hydrogen (secondary N) is 2. The van der Waals surface area contributed by atoms with Crippen LogP contribution in [0.25, 0.3) is 0 Å². The molecule has 5 nitrogen and oxygen atoms in total. The number of halogens is 1. The standard InChI is InChI=1S/C20H24ClN3O2/c1-14-7-8-17(16(21)11-14)23-20(25)13-24-10-9-22-12-18(24)15-5-3-4-6-19(15)26-2/h3-8,11,18,22H,9-10,12-13H2,1-2H3,(H,23,25). The normalized spacial score (nSPS) is 17.7. The molecule has 2 aromatic rings. The van der Waals surface area contributed by atoms with Gasteiger partial charge in [0.05, 0.1) is 30.4 Å². The maximum atomic E-state index is 12.6. The van der Waals surface area contributed by atoms with Crippen LogP contribution in [0.15, 0.2) is 42.5 Å². The molecule has 26 heavy (non-hydrogen) atoms. The minimum atomic E-state index is -0.0717. The van der Waals surface area contributed by atoms with E-state index in [4.69, 9.17) is 16.3 Å². The Balaban J connectivity index is 1.73. The minimum absolute atomic E-state index is 0.0717. The zero-order valence-corrected chi connectivity index (χ0v) is 15.8. The number of aryl methyl sites for hydroxylation is 1. The topological polar surface area (TPSA) is 53.6 Å². The summed E-state index contributed by atoms with van der Waals surface area (Å²) in [6.07, 6.45) is 0. The van der Waals surface area contributed by atoms with Crippen LogP contribution in [0.3, 0.4) is 0 Å². The molecule has 138 valence electrons. The van der Waals surface area contributed by atoms with E-state index in [0.717, 1.165) is 36.5 Å². The molecular formula is C20H24ClN3O2. The number of hydrogen-bond acceptors (Lipinski definition) is 4. The number of ether oxygens (including phenoxy) is 1. The van der Waals surface area contributed by atoms with Crippen LogP contribution in [0.1, 0.15) is 17.2 Å². The molecular weight excluding hydrogens is 350 g/mol. The van der Waals surface area contributed by atoms with E-state index in [2.05, 4.69) is 21.6 Å². The second kappa shape index (κ2) is 8.54. The second-order valence-electron chi connectivity index (χ2n) is 6.46. The maximum Gasteiger partial charge on any atom is 0.238 e. The predicted octanol–water partition coefficient (Wildman–Crippen LogP) is 3.24. The van der Waals surface area contributed by atoms with Gasteiger partial charge < -0.3 is 15.4 Å². The molecule has 2 aromatic carbocycles. The van der Waals surface area contributed by atoms with Gasteiger partial charge in [0, 0.05) is 25.2 Å². The monoisotopic (exact) mass is 373 g/mol. The summed E-state index contributed by atoms with van der Waals surface area (Å²) >= 11 is 6.23. The van der Waals surface area contributed by atoms with Gasteiger partial charge in [-0.25, -0.2) is 0 Å². The van der Waals surface area contributed by atoms with Crippen LogP contribution in [-0.2, 0) is 4.79 Å². The molecule has 6 heteroatoms. The molecule has 1 unspecified atom stereocenters. The average molecular weight is 374 g/mol. The number of anilines is 1. The number of piperazine rings is 1. The number of amides is 1. The lowest BCUT2D eigenvalue weighted by atomic mass is 10.0. The summed E-state index contributed by atoms with van der Waals surface area (Å²) in [5, 5.41) is 6.88. The molecule has 1 saturated heterocycles. The number of rotatable bonds is 5. The van der Waals surface area contributed by atoms with E-state index in [1.807, 2.05) is 43.3 Å².